The van der Waals surface area contributed by atoms with Crippen LogP contribution in [0.1, 0.15) is 30.0 Å². The van der Waals surface area contributed by atoms with Crippen LogP contribution in [0.3, 0.4) is 0 Å². The minimum atomic E-state index is 0.514. The summed E-state index contributed by atoms with van der Waals surface area (Å²) in [4.78, 5) is 0. The van der Waals surface area contributed by atoms with Crippen LogP contribution >= 0.6 is 0 Å². The van der Waals surface area contributed by atoms with Crippen LogP contribution in [-0.2, 0) is 12.8 Å². The van der Waals surface area contributed by atoms with E-state index < -0.39 is 0 Å². The van der Waals surface area contributed by atoms with Crippen LogP contribution in [-0.4, -0.2) is 5.11 Å². The Balaban J connectivity index is 2.15. The van der Waals surface area contributed by atoms with Crippen molar-refractivity contribution in [1.29, 1.82) is 0 Å². The molecule has 1 heteroatoms. The lowest BCUT2D eigenvalue weighted by Crippen LogP contribution is -1.89. The fourth-order valence-electron chi connectivity index (χ4n) is 2.71. The number of fused-ring (bicyclic) bond motifs is 3. The first-order valence-electron chi connectivity index (χ1n) is 6.23. The van der Waals surface area contributed by atoms with E-state index >= 15 is 0 Å². The van der Waals surface area contributed by atoms with Crippen LogP contribution in [0.25, 0.3) is 11.1 Å². The standard InChI is InChI=1S/C16H16O/c1-2-5-11-8-9-14-13-7-4-3-6-12(13)10-15(14)16(11)17/h3-4,6-9,17H,2,5,10H2,1H3. The van der Waals surface area contributed by atoms with Crippen LogP contribution in [0.15, 0.2) is 36.4 Å². The van der Waals surface area contributed by atoms with Crippen LogP contribution < -0.4 is 0 Å². The lowest BCUT2D eigenvalue weighted by Gasteiger charge is -2.08. The van der Waals surface area contributed by atoms with Crippen molar-refractivity contribution in [2.24, 2.45) is 0 Å². The third-order valence-electron chi connectivity index (χ3n) is 3.56. The Bertz CT molecular complexity index is 570. The molecule has 0 radical (unpaired) electrons. The number of aromatic hydroxyl groups is 1. The summed E-state index contributed by atoms with van der Waals surface area (Å²) in [5.74, 6) is 0.514. The second kappa shape index (κ2) is 3.92. The molecule has 0 aromatic heterocycles. The average molecular weight is 224 g/mol. The first-order chi connectivity index (χ1) is 8.31. The van der Waals surface area contributed by atoms with Crippen LogP contribution in [0, 0.1) is 0 Å². The Morgan fingerprint density at radius 2 is 1.88 bits per heavy atom. The molecule has 0 bridgehead atoms. The summed E-state index contributed by atoms with van der Waals surface area (Å²) in [5, 5.41) is 10.3. The van der Waals surface area contributed by atoms with Gasteiger partial charge in [-0.05, 0) is 28.7 Å². The molecule has 0 heterocycles. The molecule has 1 aliphatic carbocycles. The predicted octanol–water partition coefficient (Wildman–Crippen LogP) is 3.92. The largest absolute Gasteiger partial charge is 0.507 e. The van der Waals surface area contributed by atoms with Gasteiger partial charge in [-0.15, -0.1) is 0 Å². The topological polar surface area (TPSA) is 20.2 Å². The van der Waals surface area contributed by atoms with Gasteiger partial charge in [0.05, 0.1) is 0 Å². The maximum atomic E-state index is 10.3. The molecule has 0 fully saturated rings. The first-order valence-corrected chi connectivity index (χ1v) is 6.23. The van der Waals surface area contributed by atoms with Crippen LogP contribution in [0.5, 0.6) is 5.75 Å². The fourth-order valence-corrected chi connectivity index (χ4v) is 2.71. The summed E-state index contributed by atoms with van der Waals surface area (Å²) in [6.07, 6.45) is 2.89. The summed E-state index contributed by atoms with van der Waals surface area (Å²) < 4.78 is 0. The monoisotopic (exact) mass is 224 g/mol. The molecular formula is C16H16O. The summed E-state index contributed by atoms with van der Waals surface area (Å²) in [7, 11) is 0. The molecule has 1 N–H and O–H groups in total. The quantitative estimate of drug-likeness (QED) is 0.699. The van der Waals surface area contributed by atoms with E-state index in [1.54, 1.807) is 0 Å². The summed E-state index contributed by atoms with van der Waals surface area (Å²) in [5.41, 5.74) is 6.00. The molecule has 0 saturated heterocycles. The number of benzene rings is 2. The van der Waals surface area contributed by atoms with Crippen molar-refractivity contribution >= 4 is 0 Å². The number of hydrogen-bond acceptors (Lipinski definition) is 1. The number of hydrogen-bond donors (Lipinski definition) is 1. The summed E-state index contributed by atoms with van der Waals surface area (Å²) in [6, 6.07) is 12.6. The third kappa shape index (κ3) is 1.54. The Morgan fingerprint density at radius 3 is 2.71 bits per heavy atom. The highest BCUT2D eigenvalue weighted by Crippen LogP contribution is 2.42. The Morgan fingerprint density at radius 1 is 1.06 bits per heavy atom. The van der Waals surface area contributed by atoms with Gasteiger partial charge in [-0.3, -0.25) is 0 Å². The lowest BCUT2D eigenvalue weighted by atomic mass is 10.00. The second-order valence-corrected chi connectivity index (χ2v) is 4.68. The van der Waals surface area contributed by atoms with Gasteiger partial charge in [0.15, 0.2) is 0 Å². The van der Waals surface area contributed by atoms with Gasteiger partial charge in [-0.1, -0.05) is 49.7 Å². The van der Waals surface area contributed by atoms with E-state index in [0.717, 1.165) is 30.4 Å². The Hall–Kier alpha value is -1.76. The second-order valence-electron chi connectivity index (χ2n) is 4.68. The van der Waals surface area contributed by atoms with Gasteiger partial charge in [0.25, 0.3) is 0 Å². The highest BCUT2D eigenvalue weighted by molar-refractivity contribution is 5.79. The molecule has 0 spiro atoms. The van der Waals surface area contributed by atoms with Crippen molar-refractivity contribution in [3.8, 4) is 16.9 Å². The van der Waals surface area contributed by atoms with E-state index in [2.05, 4.69) is 43.3 Å². The van der Waals surface area contributed by atoms with Crippen molar-refractivity contribution in [3.05, 3.63) is 53.1 Å². The zero-order valence-electron chi connectivity index (χ0n) is 10.0. The van der Waals surface area contributed by atoms with E-state index in [9.17, 15) is 5.11 Å². The molecule has 0 aliphatic heterocycles. The first kappa shape index (κ1) is 10.4. The van der Waals surface area contributed by atoms with Crippen LogP contribution in [0.2, 0.25) is 0 Å². The molecular weight excluding hydrogens is 208 g/mol. The van der Waals surface area contributed by atoms with E-state index in [4.69, 9.17) is 0 Å². The van der Waals surface area contributed by atoms with E-state index in [1.807, 2.05) is 0 Å². The molecule has 3 rings (SSSR count). The molecule has 2 aromatic carbocycles. The average Bonchev–Trinajstić information content (AvgIpc) is 2.73. The normalized spacial score (nSPS) is 12.3. The zero-order chi connectivity index (χ0) is 11.8. The molecule has 17 heavy (non-hydrogen) atoms. The van der Waals surface area contributed by atoms with Gasteiger partial charge in [0.2, 0.25) is 0 Å². The SMILES string of the molecule is CCCc1ccc2c(c1O)Cc1ccccc1-2. The van der Waals surface area contributed by atoms with Crippen molar-refractivity contribution in [2.45, 2.75) is 26.2 Å². The maximum Gasteiger partial charge on any atom is 0.122 e. The number of aryl methyl sites for hydroxylation is 1. The maximum absolute atomic E-state index is 10.3. The minimum absolute atomic E-state index is 0.514. The Labute approximate surface area is 102 Å². The van der Waals surface area contributed by atoms with Gasteiger partial charge in [-0.2, -0.15) is 0 Å². The molecule has 1 aliphatic rings. The summed E-state index contributed by atoms with van der Waals surface area (Å²) in [6.45, 7) is 2.14. The summed E-state index contributed by atoms with van der Waals surface area (Å²) >= 11 is 0. The van der Waals surface area contributed by atoms with E-state index in [0.29, 0.717) is 5.75 Å². The van der Waals surface area contributed by atoms with Gasteiger partial charge in [0, 0.05) is 12.0 Å². The molecule has 0 atom stereocenters. The van der Waals surface area contributed by atoms with Gasteiger partial charge in [0.1, 0.15) is 5.75 Å². The Kier molecular flexibility index (Phi) is 2.40. The molecule has 0 amide bonds. The molecule has 0 unspecified atom stereocenters. The number of phenols is 1. The van der Waals surface area contributed by atoms with Crippen molar-refractivity contribution < 1.29 is 5.11 Å². The zero-order valence-corrected chi connectivity index (χ0v) is 10.0. The number of phenolic OH excluding ortho intramolecular Hbond substituents is 1. The molecule has 2 aromatic rings. The van der Waals surface area contributed by atoms with Gasteiger partial charge in [-0.25, -0.2) is 0 Å². The van der Waals surface area contributed by atoms with Crippen molar-refractivity contribution in [2.75, 3.05) is 0 Å². The van der Waals surface area contributed by atoms with E-state index in [-0.39, 0.29) is 0 Å². The minimum Gasteiger partial charge on any atom is -0.507 e. The lowest BCUT2D eigenvalue weighted by molar-refractivity contribution is 0.462. The highest BCUT2D eigenvalue weighted by atomic mass is 16.3. The highest BCUT2D eigenvalue weighted by Gasteiger charge is 2.21. The fraction of sp³-hybridized carbons (Fsp3) is 0.250. The van der Waals surface area contributed by atoms with E-state index in [1.165, 1.54) is 16.7 Å². The van der Waals surface area contributed by atoms with Crippen molar-refractivity contribution in [3.63, 3.8) is 0 Å². The smallest absolute Gasteiger partial charge is 0.122 e. The number of rotatable bonds is 2. The predicted molar refractivity (Wildman–Crippen MR) is 70.3 cm³/mol. The molecule has 0 saturated carbocycles. The van der Waals surface area contributed by atoms with Gasteiger partial charge < -0.3 is 5.11 Å². The molecule has 86 valence electrons. The third-order valence-corrected chi connectivity index (χ3v) is 3.56. The van der Waals surface area contributed by atoms with Gasteiger partial charge >= 0.3 is 0 Å². The van der Waals surface area contributed by atoms with Crippen molar-refractivity contribution in [1.82, 2.24) is 0 Å². The van der Waals surface area contributed by atoms with Crippen LogP contribution in [0.4, 0.5) is 0 Å². The molecule has 1 nitrogen and oxygen atoms in total.